The van der Waals surface area contributed by atoms with Crippen LogP contribution in [0.5, 0.6) is 0 Å². The largest absolute Gasteiger partial charge is 0.323 e. The number of carbonyl (C=O) groups is 2. The summed E-state index contributed by atoms with van der Waals surface area (Å²) in [6.45, 7) is 0. The van der Waals surface area contributed by atoms with Crippen molar-refractivity contribution in [2.75, 3.05) is 5.32 Å². The number of H-pyrrole nitrogens is 1. The van der Waals surface area contributed by atoms with Gasteiger partial charge in [0.05, 0.1) is 11.9 Å². The van der Waals surface area contributed by atoms with Crippen LogP contribution in [0.25, 0.3) is 0 Å². The molecular weight excluding hydrogens is 316 g/mol. The van der Waals surface area contributed by atoms with Gasteiger partial charge in [-0.1, -0.05) is 31.0 Å². The van der Waals surface area contributed by atoms with Crippen molar-refractivity contribution in [2.45, 2.75) is 44.2 Å². The minimum absolute atomic E-state index is 0.0395. The monoisotopic (exact) mass is 338 g/mol. The van der Waals surface area contributed by atoms with E-state index >= 15 is 0 Å². The van der Waals surface area contributed by atoms with E-state index in [2.05, 4.69) is 15.5 Å². The van der Waals surface area contributed by atoms with Gasteiger partial charge in [-0.3, -0.25) is 14.7 Å². The Morgan fingerprint density at radius 3 is 2.72 bits per heavy atom. The first-order valence-electron chi connectivity index (χ1n) is 8.91. The summed E-state index contributed by atoms with van der Waals surface area (Å²) in [4.78, 5) is 27.8. The molecule has 2 aliphatic rings. The fourth-order valence-electron chi connectivity index (χ4n) is 4.26. The molecule has 1 aromatic heterocycles. The second-order valence-corrected chi connectivity index (χ2v) is 6.92. The zero-order valence-electron chi connectivity index (χ0n) is 14.0. The third-order valence-corrected chi connectivity index (χ3v) is 5.41. The van der Waals surface area contributed by atoms with Gasteiger partial charge in [-0.05, 0) is 37.3 Å². The lowest BCUT2D eigenvalue weighted by Crippen LogP contribution is -2.47. The molecule has 1 aromatic carbocycles. The van der Waals surface area contributed by atoms with E-state index in [1.165, 1.54) is 6.42 Å². The van der Waals surface area contributed by atoms with E-state index in [-0.39, 0.29) is 17.9 Å². The number of nitrogens with zero attached hydrogens (tertiary/aromatic N) is 2. The lowest BCUT2D eigenvalue weighted by molar-refractivity contribution is -0.120. The van der Waals surface area contributed by atoms with Crippen molar-refractivity contribution in [1.29, 1.82) is 0 Å². The maximum absolute atomic E-state index is 13.1. The van der Waals surface area contributed by atoms with Gasteiger partial charge < -0.3 is 10.2 Å². The normalized spacial score (nSPS) is 25.4. The molecule has 1 aliphatic carbocycles. The van der Waals surface area contributed by atoms with Gasteiger partial charge in [-0.15, -0.1) is 0 Å². The second kappa shape index (κ2) is 6.70. The highest BCUT2D eigenvalue weighted by Crippen LogP contribution is 2.40. The lowest BCUT2D eigenvalue weighted by atomic mass is 9.84. The first kappa shape index (κ1) is 15.9. The summed E-state index contributed by atoms with van der Waals surface area (Å²) in [7, 11) is 0. The van der Waals surface area contributed by atoms with Gasteiger partial charge in [0.15, 0.2) is 0 Å². The van der Waals surface area contributed by atoms with Crippen LogP contribution in [-0.2, 0) is 4.79 Å². The third kappa shape index (κ3) is 3.04. The maximum atomic E-state index is 13.1. The molecule has 0 bridgehead atoms. The van der Waals surface area contributed by atoms with E-state index in [1.54, 1.807) is 12.4 Å². The summed E-state index contributed by atoms with van der Waals surface area (Å²) in [6.07, 6.45) is 8.34. The van der Waals surface area contributed by atoms with Gasteiger partial charge in [0, 0.05) is 17.8 Å². The summed E-state index contributed by atoms with van der Waals surface area (Å²) >= 11 is 0. The molecule has 1 saturated heterocycles. The van der Waals surface area contributed by atoms with Crippen molar-refractivity contribution in [1.82, 2.24) is 15.1 Å². The highest BCUT2D eigenvalue weighted by molar-refractivity contribution is 6.01. The zero-order chi connectivity index (χ0) is 17.2. The Bertz CT molecular complexity index is 744. The van der Waals surface area contributed by atoms with E-state index < -0.39 is 6.04 Å². The van der Waals surface area contributed by atoms with E-state index in [0.29, 0.717) is 17.2 Å². The SMILES string of the molecule is O=C(Nc1cn[nH]c1)[C@@H]1C[C@H]2CCCC[C@H]2N1C(=O)c1ccccc1. The molecule has 2 aromatic rings. The van der Waals surface area contributed by atoms with Crippen molar-refractivity contribution in [3.05, 3.63) is 48.3 Å². The smallest absolute Gasteiger partial charge is 0.254 e. The van der Waals surface area contributed by atoms with Crippen LogP contribution < -0.4 is 5.32 Å². The molecule has 6 heteroatoms. The van der Waals surface area contributed by atoms with E-state index in [4.69, 9.17) is 0 Å². The maximum Gasteiger partial charge on any atom is 0.254 e. The third-order valence-electron chi connectivity index (χ3n) is 5.41. The summed E-state index contributed by atoms with van der Waals surface area (Å²) in [5.41, 5.74) is 1.28. The number of aromatic nitrogens is 2. The van der Waals surface area contributed by atoms with Crippen molar-refractivity contribution >= 4 is 17.5 Å². The van der Waals surface area contributed by atoms with E-state index in [9.17, 15) is 9.59 Å². The van der Waals surface area contributed by atoms with Gasteiger partial charge in [-0.2, -0.15) is 5.10 Å². The topological polar surface area (TPSA) is 78.1 Å². The van der Waals surface area contributed by atoms with Gasteiger partial charge >= 0.3 is 0 Å². The van der Waals surface area contributed by atoms with Crippen molar-refractivity contribution in [3.63, 3.8) is 0 Å². The number of benzene rings is 1. The average Bonchev–Trinajstić information content (AvgIpc) is 3.29. The molecule has 0 spiro atoms. The number of carbonyl (C=O) groups excluding carboxylic acids is 2. The number of hydrogen-bond donors (Lipinski definition) is 2. The molecule has 2 N–H and O–H groups in total. The quantitative estimate of drug-likeness (QED) is 0.903. The highest BCUT2D eigenvalue weighted by atomic mass is 16.2. The minimum atomic E-state index is -0.421. The van der Waals surface area contributed by atoms with Crippen molar-refractivity contribution < 1.29 is 9.59 Å². The van der Waals surface area contributed by atoms with Crippen LogP contribution in [-0.4, -0.2) is 39.0 Å². The predicted octanol–water partition coefficient (Wildman–Crippen LogP) is 2.82. The molecule has 3 atom stereocenters. The first-order chi connectivity index (χ1) is 12.2. The average molecular weight is 338 g/mol. The van der Waals surface area contributed by atoms with Gasteiger partial charge in [-0.25, -0.2) is 0 Å². The number of fused-ring (bicyclic) bond motifs is 1. The predicted molar refractivity (Wildman–Crippen MR) is 94.0 cm³/mol. The number of hydrogen-bond acceptors (Lipinski definition) is 3. The van der Waals surface area contributed by atoms with Crippen LogP contribution in [0.2, 0.25) is 0 Å². The molecule has 2 amide bonds. The van der Waals surface area contributed by atoms with Gasteiger partial charge in [0.1, 0.15) is 6.04 Å². The molecule has 4 rings (SSSR count). The fourth-order valence-corrected chi connectivity index (χ4v) is 4.26. The van der Waals surface area contributed by atoms with Gasteiger partial charge in [0.25, 0.3) is 5.91 Å². The fraction of sp³-hybridized carbons (Fsp3) is 0.421. The first-order valence-corrected chi connectivity index (χ1v) is 8.91. The summed E-state index contributed by atoms with van der Waals surface area (Å²) in [5.74, 6) is 0.254. The molecule has 25 heavy (non-hydrogen) atoms. The summed E-state index contributed by atoms with van der Waals surface area (Å²) in [6, 6.07) is 9.02. The number of amides is 2. The Balaban J connectivity index is 1.61. The Morgan fingerprint density at radius 2 is 1.96 bits per heavy atom. The second-order valence-electron chi connectivity index (χ2n) is 6.92. The van der Waals surface area contributed by atoms with Crippen molar-refractivity contribution in [3.8, 4) is 0 Å². The Labute approximate surface area is 146 Å². The Hall–Kier alpha value is -2.63. The number of likely N-dealkylation sites (tertiary alicyclic amines) is 1. The van der Waals surface area contributed by atoms with Crippen LogP contribution in [0.3, 0.4) is 0 Å². The molecule has 6 nitrogen and oxygen atoms in total. The van der Waals surface area contributed by atoms with E-state index in [1.807, 2.05) is 35.2 Å². The lowest BCUT2D eigenvalue weighted by Gasteiger charge is -2.33. The highest BCUT2D eigenvalue weighted by Gasteiger charge is 2.47. The van der Waals surface area contributed by atoms with Crippen LogP contribution in [0.4, 0.5) is 5.69 Å². The minimum Gasteiger partial charge on any atom is -0.323 e. The number of aromatic amines is 1. The molecule has 0 unspecified atom stereocenters. The number of anilines is 1. The zero-order valence-corrected chi connectivity index (χ0v) is 14.0. The van der Waals surface area contributed by atoms with Gasteiger partial charge in [0.2, 0.25) is 5.91 Å². The standard InChI is InChI=1S/C19H22N4O2/c24-18(22-15-11-20-21-12-15)17-10-14-8-4-5-9-16(14)23(17)19(25)13-6-2-1-3-7-13/h1-3,6-7,11-12,14,16-17H,4-5,8-10H2,(H,20,21)(H,22,24)/t14-,16-,17+/m1/s1. The molecule has 1 saturated carbocycles. The molecule has 2 fully saturated rings. The van der Waals surface area contributed by atoms with Crippen molar-refractivity contribution in [2.24, 2.45) is 5.92 Å². The van der Waals surface area contributed by atoms with Crippen LogP contribution in [0.15, 0.2) is 42.7 Å². The number of rotatable bonds is 3. The molecule has 2 heterocycles. The van der Waals surface area contributed by atoms with E-state index in [0.717, 1.165) is 25.7 Å². The van der Waals surface area contributed by atoms with Crippen LogP contribution in [0, 0.1) is 5.92 Å². The molecule has 1 aliphatic heterocycles. The Morgan fingerprint density at radius 1 is 1.16 bits per heavy atom. The molecule has 0 radical (unpaired) electrons. The number of nitrogens with one attached hydrogen (secondary N) is 2. The summed E-state index contributed by atoms with van der Waals surface area (Å²) in [5, 5.41) is 9.43. The summed E-state index contributed by atoms with van der Waals surface area (Å²) < 4.78 is 0. The van der Waals surface area contributed by atoms with Crippen LogP contribution >= 0.6 is 0 Å². The molecular formula is C19H22N4O2. The molecule has 130 valence electrons. The van der Waals surface area contributed by atoms with Crippen LogP contribution in [0.1, 0.15) is 42.5 Å². The Kier molecular flexibility index (Phi) is 4.26.